The lowest BCUT2D eigenvalue weighted by Gasteiger charge is -2.32. The highest BCUT2D eigenvalue weighted by molar-refractivity contribution is 7.99. The summed E-state index contributed by atoms with van der Waals surface area (Å²) in [5, 5.41) is 1.60. The van der Waals surface area contributed by atoms with E-state index in [1.54, 1.807) is 6.20 Å². The van der Waals surface area contributed by atoms with Gasteiger partial charge in [0.15, 0.2) is 0 Å². The third-order valence-electron chi connectivity index (χ3n) is 6.62. The molecule has 0 saturated carbocycles. The van der Waals surface area contributed by atoms with Gasteiger partial charge >= 0.3 is 6.18 Å². The van der Waals surface area contributed by atoms with Crippen LogP contribution in [0.15, 0.2) is 107 Å². The lowest BCUT2D eigenvalue weighted by atomic mass is 10.1. The monoisotopic (exact) mass is 568 g/mol. The minimum absolute atomic E-state index is 0.668. The zero-order valence-corrected chi connectivity index (χ0v) is 23.8. The Morgan fingerprint density at radius 3 is 2.10 bits per heavy atom. The standard InChI is InChI=1S/C29H26F3N2OPS.C2H6/c30-29(31,32)24-10-14-26(15-11-24)37-28-27(7-4-16-33-28)23-8-12-25(13-9-23)36(35)19-17-34(18-20-36)21-22-5-2-1-3-6-22;1-2/h1-16H,17-21H2;1-2H3. The van der Waals surface area contributed by atoms with Crippen LogP contribution in [-0.4, -0.2) is 35.3 Å². The SMILES string of the molecule is CC.O=P1(c2ccc(-c3cccnc3Sc3ccc(C(F)(F)F)cc3)cc2)CCN(Cc2ccccc2)CC1. The predicted octanol–water partition coefficient (Wildman–Crippen LogP) is 8.45. The average molecular weight is 569 g/mol. The lowest BCUT2D eigenvalue weighted by Crippen LogP contribution is -2.36. The van der Waals surface area contributed by atoms with Gasteiger partial charge in [0, 0.05) is 53.9 Å². The molecule has 0 radical (unpaired) electrons. The Morgan fingerprint density at radius 2 is 1.49 bits per heavy atom. The molecule has 1 aromatic heterocycles. The van der Waals surface area contributed by atoms with Crippen LogP contribution in [0.4, 0.5) is 13.2 Å². The quantitative estimate of drug-likeness (QED) is 0.219. The minimum Gasteiger partial charge on any atom is -0.319 e. The summed E-state index contributed by atoms with van der Waals surface area (Å²) in [5.74, 6) is 0. The molecule has 39 heavy (non-hydrogen) atoms. The Kier molecular flexibility index (Phi) is 9.71. The highest BCUT2D eigenvalue weighted by Crippen LogP contribution is 2.47. The number of hydrogen-bond acceptors (Lipinski definition) is 4. The Hall–Kier alpha value is -2.86. The lowest BCUT2D eigenvalue weighted by molar-refractivity contribution is -0.137. The fraction of sp³-hybridized carbons (Fsp3) is 0.258. The van der Waals surface area contributed by atoms with Crippen molar-refractivity contribution in [3.63, 3.8) is 0 Å². The van der Waals surface area contributed by atoms with E-state index in [1.807, 2.05) is 68.4 Å². The zero-order valence-electron chi connectivity index (χ0n) is 22.1. The molecule has 1 fully saturated rings. The molecule has 0 N–H and O–H groups in total. The molecular formula is C31H32F3N2OPS. The molecule has 0 bridgehead atoms. The van der Waals surface area contributed by atoms with Crippen LogP contribution < -0.4 is 5.30 Å². The van der Waals surface area contributed by atoms with E-state index in [1.165, 1.54) is 29.5 Å². The van der Waals surface area contributed by atoms with Crippen molar-refractivity contribution in [1.29, 1.82) is 0 Å². The molecule has 3 aromatic carbocycles. The molecule has 1 aliphatic rings. The van der Waals surface area contributed by atoms with Gasteiger partial charge in [-0.05, 0) is 41.5 Å². The number of rotatable bonds is 6. The van der Waals surface area contributed by atoms with Crippen molar-refractivity contribution in [2.45, 2.75) is 36.5 Å². The van der Waals surface area contributed by atoms with Gasteiger partial charge in [-0.15, -0.1) is 0 Å². The number of halogens is 3. The van der Waals surface area contributed by atoms with Crippen LogP contribution in [-0.2, 0) is 17.3 Å². The molecule has 0 amide bonds. The van der Waals surface area contributed by atoms with Crippen molar-refractivity contribution < 1.29 is 17.7 Å². The average Bonchev–Trinajstić information content (AvgIpc) is 2.96. The highest BCUT2D eigenvalue weighted by Gasteiger charge is 2.31. The number of pyridine rings is 1. The number of benzene rings is 3. The number of nitrogens with zero attached hydrogens (tertiary/aromatic N) is 2. The van der Waals surface area contributed by atoms with Gasteiger partial charge in [0.2, 0.25) is 0 Å². The van der Waals surface area contributed by atoms with Gasteiger partial charge in [0.05, 0.1) is 5.56 Å². The van der Waals surface area contributed by atoms with Crippen LogP contribution >= 0.6 is 18.9 Å². The smallest absolute Gasteiger partial charge is 0.319 e. The van der Waals surface area contributed by atoms with E-state index in [2.05, 4.69) is 22.0 Å². The normalized spacial score (nSPS) is 15.3. The Morgan fingerprint density at radius 1 is 0.846 bits per heavy atom. The molecule has 204 valence electrons. The molecule has 4 aromatic rings. The molecule has 3 nitrogen and oxygen atoms in total. The largest absolute Gasteiger partial charge is 0.416 e. The summed E-state index contributed by atoms with van der Waals surface area (Å²) in [7, 11) is -2.46. The van der Waals surface area contributed by atoms with Crippen LogP contribution in [0.5, 0.6) is 0 Å². The summed E-state index contributed by atoms with van der Waals surface area (Å²) < 4.78 is 52.4. The van der Waals surface area contributed by atoms with Crippen LogP contribution in [0.1, 0.15) is 25.0 Å². The van der Waals surface area contributed by atoms with Crippen molar-refractivity contribution in [1.82, 2.24) is 9.88 Å². The van der Waals surface area contributed by atoms with E-state index in [9.17, 15) is 17.7 Å². The maximum Gasteiger partial charge on any atom is 0.416 e. The molecule has 0 atom stereocenters. The first-order chi connectivity index (χ1) is 18.8. The van der Waals surface area contributed by atoms with E-state index >= 15 is 0 Å². The summed E-state index contributed by atoms with van der Waals surface area (Å²) in [6, 6.07) is 27.1. The van der Waals surface area contributed by atoms with Crippen molar-refractivity contribution in [2.24, 2.45) is 0 Å². The summed E-state index contributed by atoms with van der Waals surface area (Å²) in [5.41, 5.74) is 2.41. The van der Waals surface area contributed by atoms with Gasteiger partial charge < -0.3 is 4.57 Å². The second-order valence-electron chi connectivity index (χ2n) is 9.13. The molecule has 0 unspecified atom stereocenters. The topological polar surface area (TPSA) is 33.2 Å². The second kappa shape index (κ2) is 13.0. The molecule has 1 saturated heterocycles. The van der Waals surface area contributed by atoms with Crippen LogP contribution in [0.3, 0.4) is 0 Å². The maximum absolute atomic E-state index is 13.8. The third-order valence-corrected chi connectivity index (χ3v) is 10.7. The predicted molar refractivity (Wildman–Crippen MR) is 155 cm³/mol. The first-order valence-electron chi connectivity index (χ1n) is 13.1. The van der Waals surface area contributed by atoms with Gasteiger partial charge in [0.25, 0.3) is 0 Å². The Balaban J connectivity index is 0.00000172. The van der Waals surface area contributed by atoms with Gasteiger partial charge in [-0.3, -0.25) is 4.90 Å². The number of aromatic nitrogens is 1. The van der Waals surface area contributed by atoms with Crippen molar-refractivity contribution in [2.75, 3.05) is 25.4 Å². The molecule has 0 aliphatic carbocycles. The maximum atomic E-state index is 13.8. The number of hydrogen-bond donors (Lipinski definition) is 0. The third kappa shape index (κ3) is 7.42. The molecule has 5 rings (SSSR count). The van der Waals surface area contributed by atoms with E-state index in [4.69, 9.17) is 0 Å². The van der Waals surface area contributed by atoms with Crippen LogP contribution in [0.25, 0.3) is 11.1 Å². The first kappa shape index (κ1) is 29.1. The number of alkyl halides is 3. The molecule has 0 spiro atoms. The van der Waals surface area contributed by atoms with Gasteiger partial charge in [-0.1, -0.05) is 86.3 Å². The van der Waals surface area contributed by atoms with Gasteiger partial charge in [0.1, 0.15) is 12.2 Å². The molecule has 1 aliphatic heterocycles. The first-order valence-corrected chi connectivity index (χ1v) is 16.0. The van der Waals surface area contributed by atoms with Gasteiger partial charge in [-0.25, -0.2) is 4.98 Å². The summed E-state index contributed by atoms with van der Waals surface area (Å²) in [4.78, 5) is 7.51. The van der Waals surface area contributed by atoms with Crippen molar-refractivity contribution in [3.8, 4) is 11.1 Å². The molecular weight excluding hydrogens is 536 g/mol. The molecule has 8 heteroatoms. The second-order valence-corrected chi connectivity index (χ2v) is 13.4. The van der Waals surface area contributed by atoms with Crippen molar-refractivity contribution >= 4 is 24.2 Å². The fourth-order valence-electron chi connectivity index (χ4n) is 4.52. The van der Waals surface area contributed by atoms with E-state index in [0.29, 0.717) is 22.2 Å². The van der Waals surface area contributed by atoms with E-state index < -0.39 is 18.9 Å². The summed E-state index contributed by atoms with van der Waals surface area (Å²) >= 11 is 1.32. The fourth-order valence-corrected chi connectivity index (χ4v) is 8.06. The van der Waals surface area contributed by atoms with Gasteiger partial charge in [-0.2, -0.15) is 13.2 Å². The summed E-state index contributed by atoms with van der Waals surface area (Å²) in [6.07, 6.45) is -1.35. The van der Waals surface area contributed by atoms with E-state index in [-0.39, 0.29) is 0 Å². The highest BCUT2D eigenvalue weighted by atomic mass is 32.2. The van der Waals surface area contributed by atoms with Crippen LogP contribution in [0.2, 0.25) is 0 Å². The Bertz CT molecular complexity index is 1380. The molecule has 2 heterocycles. The minimum atomic E-state index is -4.36. The summed E-state index contributed by atoms with van der Waals surface area (Å²) in [6.45, 7) is 6.50. The van der Waals surface area contributed by atoms with Crippen molar-refractivity contribution in [3.05, 3.63) is 108 Å². The Labute approximate surface area is 232 Å². The van der Waals surface area contributed by atoms with E-state index in [0.717, 1.165) is 48.2 Å². The zero-order chi connectivity index (χ0) is 27.9. The van der Waals surface area contributed by atoms with Crippen LogP contribution in [0, 0.1) is 0 Å².